The minimum absolute atomic E-state index is 0.0611. The van der Waals surface area contributed by atoms with E-state index in [1.807, 2.05) is 0 Å². The van der Waals surface area contributed by atoms with Gasteiger partial charge in [0, 0.05) is 6.61 Å². The second-order valence-corrected chi connectivity index (χ2v) is 3.07. The average Bonchev–Trinajstić information content (AvgIpc) is 2.09. The molecule has 0 aromatic carbocycles. The molecule has 0 heterocycles. The van der Waals surface area contributed by atoms with Gasteiger partial charge in [-0.15, -0.1) is 0 Å². The molecule has 0 aromatic heterocycles. The maximum atomic E-state index is 10.5. The number of rotatable bonds is 9. The fraction of sp³-hybridized carbons (Fsp3) is 0.900. The molecule has 0 aliphatic rings. The molecule has 0 aliphatic heterocycles. The highest BCUT2D eigenvalue weighted by Gasteiger charge is 1.93. The zero-order valence-electron chi connectivity index (χ0n) is 8.67. The third-order valence-electron chi connectivity index (χ3n) is 1.57. The number of ketones is 1. The van der Waals surface area contributed by atoms with E-state index in [9.17, 15) is 4.79 Å². The lowest BCUT2D eigenvalue weighted by Crippen LogP contribution is -2.10. The van der Waals surface area contributed by atoms with Crippen molar-refractivity contribution in [3.63, 3.8) is 0 Å². The summed E-state index contributed by atoms with van der Waals surface area (Å²) in [5, 5.41) is 0. The van der Waals surface area contributed by atoms with Crippen molar-refractivity contribution in [2.75, 3.05) is 26.4 Å². The van der Waals surface area contributed by atoms with E-state index in [-0.39, 0.29) is 12.4 Å². The summed E-state index contributed by atoms with van der Waals surface area (Å²) in [5.74, 6) is 0.0611. The molecule has 0 aliphatic carbocycles. The van der Waals surface area contributed by atoms with Crippen molar-refractivity contribution in [2.45, 2.75) is 33.1 Å². The highest BCUT2D eigenvalue weighted by atomic mass is 16.5. The van der Waals surface area contributed by atoms with Crippen LogP contribution >= 0.6 is 0 Å². The maximum absolute atomic E-state index is 10.5. The normalized spacial score (nSPS) is 10.3. The zero-order chi connectivity index (χ0) is 9.94. The average molecular weight is 188 g/mol. The Morgan fingerprint density at radius 3 is 2.38 bits per heavy atom. The Kier molecular flexibility index (Phi) is 9.37. The Morgan fingerprint density at radius 2 is 1.77 bits per heavy atom. The molecule has 0 fully saturated rings. The predicted octanol–water partition coefficient (Wildman–Crippen LogP) is 1.80. The van der Waals surface area contributed by atoms with Gasteiger partial charge in [0.05, 0.1) is 13.2 Å². The first-order chi connectivity index (χ1) is 6.27. The number of carbonyl (C=O) groups excluding carboxylic acids is 1. The first kappa shape index (κ1) is 12.6. The number of Topliss-reactive ketones (excluding diaryl/α,β-unsaturated/α-hetero) is 1. The first-order valence-electron chi connectivity index (χ1n) is 4.92. The van der Waals surface area contributed by atoms with Crippen molar-refractivity contribution in [2.24, 2.45) is 0 Å². The number of ether oxygens (including phenoxy) is 2. The smallest absolute Gasteiger partial charge is 0.155 e. The molecular weight excluding hydrogens is 168 g/mol. The standard InChI is InChI=1S/C10H20O3/c1-3-4-5-6-12-7-8-13-9-10(2)11/h3-9H2,1-2H3. The molecular formula is C10H20O3. The quantitative estimate of drug-likeness (QED) is 0.517. The Morgan fingerprint density at radius 1 is 1.08 bits per heavy atom. The largest absolute Gasteiger partial charge is 0.379 e. The van der Waals surface area contributed by atoms with Gasteiger partial charge >= 0.3 is 0 Å². The lowest BCUT2D eigenvalue weighted by atomic mass is 10.3. The molecule has 0 radical (unpaired) electrons. The number of hydrogen-bond donors (Lipinski definition) is 0. The Balaban J connectivity index is 2.87. The third kappa shape index (κ3) is 11.6. The lowest BCUT2D eigenvalue weighted by Gasteiger charge is -2.03. The monoisotopic (exact) mass is 188 g/mol. The van der Waals surface area contributed by atoms with E-state index in [0.29, 0.717) is 13.2 Å². The van der Waals surface area contributed by atoms with Crippen LogP contribution in [0.4, 0.5) is 0 Å². The Bertz CT molecular complexity index is 123. The molecule has 0 atom stereocenters. The van der Waals surface area contributed by atoms with Gasteiger partial charge in [-0.1, -0.05) is 19.8 Å². The molecule has 0 N–H and O–H groups in total. The van der Waals surface area contributed by atoms with E-state index >= 15 is 0 Å². The van der Waals surface area contributed by atoms with E-state index in [4.69, 9.17) is 9.47 Å². The molecule has 0 spiro atoms. The molecule has 3 nitrogen and oxygen atoms in total. The minimum Gasteiger partial charge on any atom is -0.379 e. The third-order valence-corrected chi connectivity index (χ3v) is 1.57. The number of hydrogen-bond acceptors (Lipinski definition) is 3. The van der Waals surface area contributed by atoms with E-state index in [2.05, 4.69) is 6.92 Å². The molecule has 3 heteroatoms. The summed E-state index contributed by atoms with van der Waals surface area (Å²) in [7, 11) is 0. The predicted molar refractivity (Wildman–Crippen MR) is 51.8 cm³/mol. The maximum Gasteiger partial charge on any atom is 0.155 e. The summed E-state index contributed by atoms with van der Waals surface area (Å²) < 4.78 is 10.3. The van der Waals surface area contributed by atoms with Crippen molar-refractivity contribution in [3.05, 3.63) is 0 Å². The number of carbonyl (C=O) groups is 1. The second-order valence-electron chi connectivity index (χ2n) is 3.07. The van der Waals surface area contributed by atoms with Crippen molar-refractivity contribution in [1.82, 2.24) is 0 Å². The van der Waals surface area contributed by atoms with Crippen LogP contribution < -0.4 is 0 Å². The summed E-state index contributed by atoms with van der Waals surface area (Å²) in [6.45, 7) is 5.80. The van der Waals surface area contributed by atoms with Crippen LogP contribution in [0, 0.1) is 0 Å². The van der Waals surface area contributed by atoms with Gasteiger partial charge in [-0.05, 0) is 13.3 Å². The highest BCUT2D eigenvalue weighted by Crippen LogP contribution is 1.93. The zero-order valence-corrected chi connectivity index (χ0v) is 8.67. The summed E-state index contributed by atoms with van der Waals surface area (Å²) in [6, 6.07) is 0. The molecule has 0 rings (SSSR count). The lowest BCUT2D eigenvalue weighted by molar-refractivity contribution is -0.121. The van der Waals surface area contributed by atoms with Gasteiger partial charge < -0.3 is 9.47 Å². The van der Waals surface area contributed by atoms with Gasteiger partial charge in [0.25, 0.3) is 0 Å². The molecule has 0 bridgehead atoms. The summed E-state index contributed by atoms with van der Waals surface area (Å²) in [5.41, 5.74) is 0. The van der Waals surface area contributed by atoms with Crippen LogP contribution in [0.25, 0.3) is 0 Å². The van der Waals surface area contributed by atoms with Crippen LogP contribution in [-0.2, 0) is 14.3 Å². The van der Waals surface area contributed by atoms with Gasteiger partial charge in [-0.2, -0.15) is 0 Å². The van der Waals surface area contributed by atoms with Gasteiger partial charge in [-0.25, -0.2) is 0 Å². The molecule has 78 valence electrons. The number of unbranched alkanes of at least 4 members (excludes halogenated alkanes) is 2. The summed E-state index contributed by atoms with van der Waals surface area (Å²) in [6.07, 6.45) is 3.54. The van der Waals surface area contributed by atoms with Crippen molar-refractivity contribution >= 4 is 5.78 Å². The van der Waals surface area contributed by atoms with Gasteiger partial charge in [-0.3, -0.25) is 4.79 Å². The van der Waals surface area contributed by atoms with E-state index in [0.717, 1.165) is 13.0 Å². The molecule has 0 saturated carbocycles. The first-order valence-corrected chi connectivity index (χ1v) is 4.92. The Hall–Kier alpha value is -0.410. The van der Waals surface area contributed by atoms with Gasteiger partial charge in [0.15, 0.2) is 5.78 Å². The van der Waals surface area contributed by atoms with Gasteiger partial charge in [0.2, 0.25) is 0 Å². The second kappa shape index (κ2) is 9.68. The van der Waals surface area contributed by atoms with Crippen LogP contribution in [0.2, 0.25) is 0 Å². The van der Waals surface area contributed by atoms with Gasteiger partial charge in [0.1, 0.15) is 6.61 Å². The van der Waals surface area contributed by atoms with Crippen LogP contribution in [0.5, 0.6) is 0 Å². The molecule has 13 heavy (non-hydrogen) atoms. The fourth-order valence-corrected chi connectivity index (χ4v) is 0.890. The Labute approximate surface area is 80.4 Å². The van der Waals surface area contributed by atoms with Crippen LogP contribution in [0.3, 0.4) is 0 Å². The SMILES string of the molecule is CCCCCOCCOCC(C)=O. The van der Waals surface area contributed by atoms with E-state index < -0.39 is 0 Å². The van der Waals surface area contributed by atoms with E-state index in [1.165, 1.54) is 19.8 Å². The highest BCUT2D eigenvalue weighted by molar-refractivity contribution is 5.76. The molecule has 0 saturated heterocycles. The van der Waals surface area contributed by atoms with Crippen molar-refractivity contribution in [1.29, 1.82) is 0 Å². The summed E-state index contributed by atoms with van der Waals surface area (Å²) >= 11 is 0. The topological polar surface area (TPSA) is 35.5 Å². The van der Waals surface area contributed by atoms with E-state index in [1.54, 1.807) is 0 Å². The van der Waals surface area contributed by atoms with Crippen molar-refractivity contribution < 1.29 is 14.3 Å². The fourth-order valence-electron chi connectivity index (χ4n) is 0.890. The molecule has 0 aromatic rings. The van der Waals surface area contributed by atoms with Crippen LogP contribution in [-0.4, -0.2) is 32.2 Å². The molecule has 0 unspecified atom stereocenters. The van der Waals surface area contributed by atoms with Crippen molar-refractivity contribution in [3.8, 4) is 0 Å². The van der Waals surface area contributed by atoms with Crippen LogP contribution in [0.1, 0.15) is 33.1 Å². The summed E-state index contributed by atoms with van der Waals surface area (Å²) in [4.78, 5) is 10.5. The minimum atomic E-state index is 0.0611. The van der Waals surface area contributed by atoms with Crippen LogP contribution in [0.15, 0.2) is 0 Å². The molecule has 0 amide bonds.